The van der Waals surface area contributed by atoms with Crippen LogP contribution < -0.4 is 5.32 Å². The van der Waals surface area contributed by atoms with E-state index >= 15 is 0 Å². The first kappa shape index (κ1) is 19.9. The summed E-state index contributed by atoms with van der Waals surface area (Å²) in [7, 11) is 0. The van der Waals surface area contributed by atoms with E-state index in [9.17, 15) is 14.4 Å². The molecule has 0 bridgehead atoms. The van der Waals surface area contributed by atoms with Crippen molar-refractivity contribution in [3.63, 3.8) is 0 Å². The average molecular weight is 360 g/mol. The smallest absolute Gasteiger partial charge is 0.303 e. The maximum Gasteiger partial charge on any atom is 0.303 e. The number of likely N-dealkylation sites (tertiary alicyclic amines) is 1. The monoisotopic (exact) mass is 360 g/mol. The molecule has 1 aliphatic rings. The van der Waals surface area contributed by atoms with E-state index in [-0.39, 0.29) is 30.2 Å². The zero-order valence-electron chi connectivity index (χ0n) is 15.7. The van der Waals surface area contributed by atoms with Crippen LogP contribution in [0.1, 0.15) is 54.1 Å². The molecule has 6 nitrogen and oxygen atoms in total. The number of piperidine rings is 1. The van der Waals surface area contributed by atoms with Gasteiger partial charge in [-0.2, -0.15) is 0 Å². The van der Waals surface area contributed by atoms with Crippen molar-refractivity contribution in [1.29, 1.82) is 0 Å². The number of nitrogens with zero attached hydrogens (tertiary/aromatic N) is 1. The third kappa shape index (κ3) is 5.58. The highest BCUT2D eigenvalue weighted by atomic mass is 16.4. The molecule has 2 rings (SSSR count). The number of amides is 2. The molecule has 26 heavy (non-hydrogen) atoms. The van der Waals surface area contributed by atoms with Crippen LogP contribution >= 0.6 is 0 Å². The van der Waals surface area contributed by atoms with Crippen LogP contribution in [-0.2, 0) is 9.59 Å². The number of aryl methyl sites for hydroxylation is 2. The first-order valence-corrected chi connectivity index (χ1v) is 9.16. The lowest BCUT2D eigenvalue weighted by Crippen LogP contribution is -2.47. The van der Waals surface area contributed by atoms with Crippen molar-refractivity contribution >= 4 is 17.8 Å². The first-order chi connectivity index (χ1) is 12.3. The Bertz CT molecular complexity index is 666. The van der Waals surface area contributed by atoms with Gasteiger partial charge in [0.25, 0.3) is 5.91 Å². The maximum absolute atomic E-state index is 12.8. The van der Waals surface area contributed by atoms with E-state index in [4.69, 9.17) is 5.11 Å². The van der Waals surface area contributed by atoms with Crippen LogP contribution in [0.3, 0.4) is 0 Å². The zero-order valence-corrected chi connectivity index (χ0v) is 15.7. The third-order valence-corrected chi connectivity index (χ3v) is 4.73. The molecule has 1 heterocycles. The zero-order chi connectivity index (χ0) is 19.3. The van der Waals surface area contributed by atoms with Crippen molar-refractivity contribution in [2.24, 2.45) is 5.92 Å². The summed E-state index contributed by atoms with van der Waals surface area (Å²) in [5, 5.41) is 11.6. The summed E-state index contributed by atoms with van der Waals surface area (Å²) in [6.45, 7) is 6.80. The minimum absolute atomic E-state index is 0.0312. The quantitative estimate of drug-likeness (QED) is 0.816. The molecule has 2 amide bonds. The van der Waals surface area contributed by atoms with Crippen molar-refractivity contribution in [1.82, 2.24) is 10.2 Å². The van der Waals surface area contributed by atoms with Crippen LogP contribution in [0.15, 0.2) is 18.2 Å². The Morgan fingerprint density at radius 2 is 1.88 bits per heavy atom. The number of carbonyl (C=O) groups excluding carboxylic acids is 2. The van der Waals surface area contributed by atoms with Crippen molar-refractivity contribution < 1.29 is 19.5 Å². The summed E-state index contributed by atoms with van der Waals surface area (Å²) in [6.07, 6.45) is 1.97. The normalized spacial score (nSPS) is 18.3. The Kier molecular flexibility index (Phi) is 6.77. The number of carbonyl (C=O) groups is 3. The summed E-state index contributed by atoms with van der Waals surface area (Å²) in [4.78, 5) is 37.7. The molecule has 0 aromatic heterocycles. The number of benzene rings is 1. The molecule has 0 spiro atoms. The van der Waals surface area contributed by atoms with Gasteiger partial charge in [0.2, 0.25) is 5.91 Å². The Balaban J connectivity index is 1.96. The Morgan fingerprint density at radius 3 is 2.50 bits per heavy atom. The number of aliphatic carboxylic acids is 1. The highest BCUT2D eigenvalue weighted by Gasteiger charge is 2.29. The predicted octanol–water partition coefficient (Wildman–Crippen LogP) is 2.53. The topological polar surface area (TPSA) is 86.7 Å². The van der Waals surface area contributed by atoms with Crippen molar-refractivity contribution in [2.75, 3.05) is 13.1 Å². The van der Waals surface area contributed by atoms with E-state index in [0.29, 0.717) is 25.1 Å². The number of hydrogen-bond donors (Lipinski definition) is 2. The molecule has 2 N–H and O–H groups in total. The molecule has 1 saturated heterocycles. The van der Waals surface area contributed by atoms with Crippen molar-refractivity contribution in [3.05, 3.63) is 34.9 Å². The lowest BCUT2D eigenvalue weighted by Gasteiger charge is -2.33. The van der Waals surface area contributed by atoms with E-state index in [1.807, 2.05) is 39.0 Å². The van der Waals surface area contributed by atoms with Crippen molar-refractivity contribution in [2.45, 2.75) is 52.5 Å². The van der Waals surface area contributed by atoms with E-state index in [0.717, 1.165) is 24.0 Å². The van der Waals surface area contributed by atoms with Gasteiger partial charge < -0.3 is 15.3 Å². The fourth-order valence-corrected chi connectivity index (χ4v) is 3.43. The Morgan fingerprint density at radius 1 is 1.23 bits per heavy atom. The van der Waals surface area contributed by atoms with Gasteiger partial charge >= 0.3 is 5.97 Å². The second-order valence-corrected chi connectivity index (χ2v) is 7.31. The molecule has 2 unspecified atom stereocenters. The summed E-state index contributed by atoms with van der Waals surface area (Å²) >= 11 is 0. The Labute approximate surface area is 154 Å². The van der Waals surface area contributed by atoms with Gasteiger partial charge in [-0.25, -0.2) is 0 Å². The van der Waals surface area contributed by atoms with Crippen LogP contribution in [0.2, 0.25) is 0 Å². The number of nitrogens with one attached hydrogen (secondary N) is 1. The van der Waals surface area contributed by atoms with Crippen LogP contribution in [0.4, 0.5) is 0 Å². The van der Waals surface area contributed by atoms with Gasteiger partial charge in [0.15, 0.2) is 0 Å². The molecular weight excluding hydrogens is 332 g/mol. The third-order valence-electron chi connectivity index (χ3n) is 4.73. The SMILES string of the molecule is Cc1cc(C)cc(C(=O)N2CCCC(C(=O)NC(C)CCC(=O)O)C2)c1. The number of rotatable bonds is 6. The molecule has 1 aliphatic heterocycles. The lowest BCUT2D eigenvalue weighted by molar-refractivity contribution is -0.137. The molecule has 0 saturated carbocycles. The first-order valence-electron chi connectivity index (χ1n) is 9.16. The number of hydrogen-bond acceptors (Lipinski definition) is 3. The second-order valence-electron chi connectivity index (χ2n) is 7.31. The minimum Gasteiger partial charge on any atom is -0.481 e. The fourth-order valence-electron chi connectivity index (χ4n) is 3.43. The van der Waals surface area contributed by atoms with Crippen LogP contribution in [-0.4, -0.2) is 46.9 Å². The average Bonchev–Trinajstić information content (AvgIpc) is 2.58. The standard InChI is InChI=1S/C20H28N2O4/c1-13-9-14(2)11-17(10-13)20(26)22-8-4-5-16(12-22)19(25)21-15(3)6-7-18(23)24/h9-11,15-16H,4-8,12H2,1-3H3,(H,21,25)(H,23,24). The van der Waals surface area contributed by atoms with Gasteiger partial charge in [0, 0.05) is 31.1 Å². The van der Waals surface area contributed by atoms with Crippen molar-refractivity contribution in [3.8, 4) is 0 Å². The number of carboxylic acid groups (broad SMARTS) is 1. The van der Waals surface area contributed by atoms with Gasteiger partial charge in [-0.1, -0.05) is 17.2 Å². The molecule has 2 atom stereocenters. The summed E-state index contributed by atoms with van der Waals surface area (Å²) in [5.74, 6) is -1.24. The van der Waals surface area contributed by atoms with Gasteiger partial charge in [-0.05, 0) is 52.2 Å². The minimum atomic E-state index is -0.867. The maximum atomic E-state index is 12.8. The highest BCUT2D eigenvalue weighted by Crippen LogP contribution is 2.20. The van der Waals surface area contributed by atoms with E-state index in [1.54, 1.807) is 4.90 Å². The van der Waals surface area contributed by atoms with Crippen LogP contribution in [0.25, 0.3) is 0 Å². The van der Waals surface area contributed by atoms with Gasteiger partial charge in [0.05, 0.1) is 5.92 Å². The second kappa shape index (κ2) is 8.83. The van der Waals surface area contributed by atoms with Crippen LogP contribution in [0.5, 0.6) is 0 Å². The molecule has 1 fully saturated rings. The molecular formula is C20H28N2O4. The van der Waals surface area contributed by atoms with Gasteiger partial charge in [0.1, 0.15) is 0 Å². The predicted molar refractivity (Wildman–Crippen MR) is 99.0 cm³/mol. The molecule has 0 aliphatic carbocycles. The molecule has 1 aromatic rings. The summed E-state index contributed by atoms with van der Waals surface area (Å²) < 4.78 is 0. The fraction of sp³-hybridized carbons (Fsp3) is 0.550. The number of carboxylic acids is 1. The largest absolute Gasteiger partial charge is 0.481 e. The summed E-state index contributed by atoms with van der Waals surface area (Å²) in [5.41, 5.74) is 2.76. The molecule has 1 aromatic carbocycles. The lowest BCUT2D eigenvalue weighted by atomic mass is 9.95. The van der Waals surface area contributed by atoms with Gasteiger partial charge in [-0.3, -0.25) is 14.4 Å². The van der Waals surface area contributed by atoms with Gasteiger partial charge in [-0.15, -0.1) is 0 Å². The Hall–Kier alpha value is -2.37. The molecule has 6 heteroatoms. The van der Waals surface area contributed by atoms with E-state index < -0.39 is 5.97 Å². The van der Waals surface area contributed by atoms with Crippen LogP contribution in [0, 0.1) is 19.8 Å². The summed E-state index contributed by atoms with van der Waals surface area (Å²) in [6, 6.07) is 5.60. The van der Waals surface area contributed by atoms with E-state index in [1.165, 1.54) is 0 Å². The highest BCUT2D eigenvalue weighted by molar-refractivity contribution is 5.95. The molecule has 142 valence electrons. The molecule has 0 radical (unpaired) electrons. The van der Waals surface area contributed by atoms with E-state index in [2.05, 4.69) is 5.32 Å².